The molecule has 0 aromatic carbocycles. The molecule has 0 amide bonds. The van der Waals surface area contributed by atoms with E-state index in [1.54, 1.807) is 5.57 Å². The van der Waals surface area contributed by atoms with Crippen molar-refractivity contribution in [2.75, 3.05) is 0 Å². The summed E-state index contributed by atoms with van der Waals surface area (Å²) in [6, 6.07) is 0. The Hall–Kier alpha value is -0.520. The first-order valence-electron chi connectivity index (χ1n) is 4.04. The Morgan fingerprint density at radius 3 is 2.90 bits per heavy atom. The minimum atomic E-state index is 0.714. The van der Waals surface area contributed by atoms with Crippen molar-refractivity contribution in [3.05, 3.63) is 24.3 Å². The van der Waals surface area contributed by atoms with E-state index in [1.165, 1.54) is 12.8 Å². The number of hydrogen-bond donors (Lipinski definition) is 0. The molecule has 2 unspecified atom stereocenters. The van der Waals surface area contributed by atoms with Crippen LogP contribution in [0.2, 0.25) is 0 Å². The maximum atomic E-state index is 3.83. The molecule has 0 aromatic rings. The minimum absolute atomic E-state index is 0.714. The predicted octanol–water partition coefficient (Wildman–Crippen LogP) is 3.16. The molecule has 0 N–H and O–H groups in total. The number of rotatable bonds is 1. The zero-order chi connectivity index (χ0) is 7.56. The molecule has 0 heteroatoms. The topological polar surface area (TPSA) is 0 Å². The molecule has 0 radical (unpaired) electrons. The van der Waals surface area contributed by atoms with Crippen LogP contribution in [0.25, 0.3) is 0 Å². The van der Waals surface area contributed by atoms with Crippen LogP contribution in [0.5, 0.6) is 0 Å². The first-order chi connectivity index (χ1) is 4.74. The molecule has 0 fully saturated rings. The van der Waals surface area contributed by atoms with Crippen LogP contribution in [0.4, 0.5) is 0 Å². The summed E-state index contributed by atoms with van der Waals surface area (Å²) in [4.78, 5) is 0. The zero-order valence-electron chi connectivity index (χ0n) is 6.93. The average Bonchev–Trinajstić information content (AvgIpc) is 1.88. The van der Waals surface area contributed by atoms with Gasteiger partial charge in [0.1, 0.15) is 0 Å². The molecule has 0 nitrogen and oxygen atoms in total. The third-order valence-electron chi connectivity index (χ3n) is 2.40. The van der Waals surface area contributed by atoms with Crippen LogP contribution in [-0.2, 0) is 0 Å². The summed E-state index contributed by atoms with van der Waals surface area (Å²) >= 11 is 0. The van der Waals surface area contributed by atoms with Crippen LogP contribution < -0.4 is 0 Å². The van der Waals surface area contributed by atoms with E-state index in [2.05, 4.69) is 32.6 Å². The summed E-state index contributed by atoms with van der Waals surface area (Å²) < 4.78 is 0. The Morgan fingerprint density at radius 2 is 2.40 bits per heavy atom. The Kier molecular flexibility index (Phi) is 2.31. The molecule has 2 atom stereocenters. The van der Waals surface area contributed by atoms with E-state index < -0.39 is 0 Å². The van der Waals surface area contributed by atoms with E-state index in [4.69, 9.17) is 0 Å². The van der Waals surface area contributed by atoms with Crippen LogP contribution in [0.3, 0.4) is 0 Å². The molecule has 1 rings (SSSR count). The Bertz CT molecular complexity index is 153. The molecule has 0 bridgehead atoms. The molecule has 0 spiro atoms. The van der Waals surface area contributed by atoms with Gasteiger partial charge in [0.2, 0.25) is 0 Å². The van der Waals surface area contributed by atoms with Gasteiger partial charge in [0, 0.05) is 0 Å². The lowest BCUT2D eigenvalue weighted by Crippen LogP contribution is -2.11. The van der Waals surface area contributed by atoms with Gasteiger partial charge in [0.15, 0.2) is 0 Å². The van der Waals surface area contributed by atoms with Crippen molar-refractivity contribution in [3.63, 3.8) is 0 Å². The average molecular weight is 136 g/mol. The van der Waals surface area contributed by atoms with Crippen molar-refractivity contribution in [2.45, 2.75) is 26.7 Å². The van der Waals surface area contributed by atoms with Gasteiger partial charge in [-0.05, 0) is 31.6 Å². The second kappa shape index (κ2) is 3.05. The lowest BCUT2D eigenvalue weighted by molar-refractivity contribution is 0.450. The summed E-state index contributed by atoms with van der Waals surface area (Å²) in [5.74, 6) is 1.44. The Balaban J connectivity index is 2.63. The van der Waals surface area contributed by atoms with Crippen LogP contribution >= 0.6 is 0 Å². The third-order valence-corrected chi connectivity index (χ3v) is 2.40. The van der Waals surface area contributed by atoms with Crippen molar-refractivity contribution in [1.29, 1.82) is 0 Å². The van der Waals surface area contributed by atoms with Gasteiger partial charge in [-0.3, -0.25) is 0 Å². The summed E-state index contributed by atoms with van der Waals surface area (Å²) in [5, 5.41) is 0. The fourth-order valence-electron chi connectivity index (χ4n) is 1.65. The molecule has 0 saturated carbocycles. The van der Waals surface area contributed by atoms with Gasteiger partial charge in [-0.1, -0.05) is 24.6 Å². The zero-order valence-corrected chi connectivity index (χ0v) is 6.93. The van der Waals surface area contributed by atoms with E-state index in [1.807, 2.05) is 0 Å². The molecule has 1 aliphatic rings. The van der Waals surface area contributed by atoms with Crippen LogP contribution in [0, 0.1) is 11.8 Å². The fraction of sp³-hybridized carbons (Fsp3) is 0.600. The summed E-state index contributed by atoms with van der Waals surface area (Å²) in [7, 11) is 0. The number of hydrogen-bond acceptors (Lipinski definition) is 0. The van der Waals surface area contributed by atoms with E-state index in [0.717, 1.165) is 5.92 Å². The van der Waals surface area contributed by atoms with Crippen molar-refractivity contribution >= 4 is 0 Å². The highest BCUT2D eigenvalue weighted by Gasteiger charge is 2.15. The normalized spacial score (nSPS) is 33.2. The second-order valence-corrected chi connectivity index (χ2v) is 3.31. The van der Waals surface area contributed by atoms with E-state index in [0.29, 0.717) is 5.92 Å². The maximum absolute atomic E-state index is 3.83. The highest BCUT2D eigenvalue weighted by Crippen LogP contribution is 2.28. The number of allylic oxidation sites excluding steroid dienone is 3. The molecule has 0 aliphatic heterocycles. The smallest absolute Gasteiger partial charge is 0.0173 e. The van der Waals surface area contributed by atoms with E-state index in [-0.39, 0.29) is 0 Å². The van der Waals surface area contributed by atoms with Crippen LogP contribution in [0.1, 0.15) is 26.7 Å². The SMILES string of the molecule is C=CC1CCC(C)=CC1C. The molecule has 0 heterocycles. The first kappa shape index (κ1) is 7.59. The molecule has 10 heavy (non-hydrogen) atoms. The Labute approximate surface area is 63.6 Å². The van der Waals surface area contributed by atoms with Crippen LogP contribution in [-0.4, -0.2) is 0 Å². The van der Waals surface area contributed by atoms with Gasteiger partial charge in [0.05, 0.1) is 0 Å². The lowest BCUT2D eigenvalue weighted by atomic mass is 9.82. The minimum Gasteiger partial charge on any atom is -0.103 e. The van der Waals surface area contributed by atoms with Crippen molar-refractivity contribution < 1.29 is 0 Å². The highest BCUT2D eigenvalue weighted by atomic mass is 14.2. The maximum Gasteiger partial charge on any atom is -0.0173 e. The van der Waals surface area contributed by atoms with Crippen molar-refractivity contribution in [3.8, 4) is 0 Å². The van der Waals surface area contributed by atoms with Gasteiger partial charge in [-0.15, -0.1) is 6.58 Å². The first-order valence-corrected chi connectivity index (χ1v) is 4.04. The highest BCUT2D eigenvalue weighted by molar-refractivity contribution is 5.08. The van der Waals surface area contributed by atoms with E-state index in [9.17, 15) is 0 Å². The molecular weight excluding hydrogens is 120 g/mol. The van der Waals surface area contributed by atoms with E-state index >= 15 is 0 Å². The molecule has 1 aliphatic carbocycles. The summed E-state index contributed by atoms with van der Waals surface area (Å²) in [5.41, 5.74) is 1.55. The summed E-state index contributed by atoms with van der Waals surface area (Å²) in [6.45, 7) is 8.32. The van der Waals surface area contributed by atoms with Gasteiger partial charge in [0.25, 0.3) is 0 Å². The van der Waals surface area contributed by atoms with Crippen molar-refractivity contribution in [1.82, 2.24) is 0 Å². The largest absolute Gasteiger partial charge is 0.103 e. The third kappa shape index (κ3) is 1.50. The van der Waals surface area contributed by atoms with Gasteiger partial charge in [-0.2, -0.15) is 0 Å². The van der Waals surface area contributed by atoms with Gasteiger partial charge >= 0.3 is 0 Å². The monoisotopic (exact) mass is 136 g/mol. The van der Waals surface area contributed by atoms with Gasteiger partial charge < -0.3 is 0 Å². The quantitative estimate of drug-likeness (QED) is 0.486. The van der Waals surface area contributed by atoms with Gasteiger partial charge in [-0.25, -0.2) is 0 Å². The Morgan fingerprint density at radius 1 is 1.70 bits per heavy atom. The molecule has 56 valence electrons. The fourth-order valence-corrected chi connectivity index (χ4v) is 1.65. The second-order valence-electron chi connectivity index (χ2n) is 3.31. The molecule has 0 aromatic heterocycles. The lowest BCUT2D eigenvalue weighted by Gasteiger charge is -2.23. The standard InChI is InChI=1S/C10H16/c1-4-10-6-5-8(2)7-9(10)3/h4,7,9-10H,1,5-6H2,2-3H3. The van der Waals surface area contributed by atoms with Crippen LogP contribution in [0.15, 0.2) is 24.3 Å². The molecular formula is C10H16. The van der Waals surface area contributed by atoms with Crippen molar-refractivity contribution in [2.24, 2.45) is 11.8 Å². The molecule has 0 saturated heterocycles. The predicted molar refractivity (Wildman–Crippen MR) is 45.8 cm³/mol. The summed E-state index contributed by atoms with van der Waals surface area (Å²) in [6.07, 6.45) is 7.03.